The summed E-state index contributed by atoms with van der Waals surface area (Å²) < 4.78 is 0. The second-order valence-electron chi connectivity index (χ2n) is 6.48. The van der Waals surface area contributed by atoms with E-state index < -0.39 is 5.60 Å². The van der Waals surface area contributed by atoms with Gasteiger partial charge in [-0.05, 0) is 25.8 Å². The Hall–Kier alpha value is -2.61. The number of aromatic nitrogens is 4. The number of likely N-dealkylation sites (N-methyl/N-ethyl adjacent to an activating group) is 1. The van der Waals surface area contributed by atoms with Gasteiger partial charge in [0.2, 0.25) is 5.95 Å². The van der Waals surface area contributed by atoms with Crippen LogP contribution < -0.4 is 4.90 Å². The van der Waals surface area contributed by atoms with Crippen LogP contribution in [-0.2, 0) is 0 Å². The smallest absolute Gasteiger partial charge is 0.256 e. The van der Waals surface area contributed by atoms with Gasteiger partial charge in [-0.2, -0.15) is 0 Å². The number of rotatable bonds is 4. The van der Waals surface area contributed by atoms with Gasteiger partial charge >= 0.3 is 0 Å². The predicted molar refractivity (Wildman–Crippen MR) is 92.2 cm³/mol. The van der Waals surface area contributed by atoms with Crippen molar-refractivity contribution in [3.8, 4) is 0 Å². The maximum absolute atomic E-state index is 12.5. The number of aryl methyl sites for hydroxylation is 1. The molecule has 0 spiro atoms. The van der Waals surface area contributed by atoms with Gasteiger partial charge in [0.25, 0.3) is 5.91 Å². The predicted octanol–water partition coefficient (Wildman–Crippen LogP) is 0.679. The standard InChI is InChI=1S/C17H22N6O2/c1-13-20-9-14(10-21-13)15(24)22(2)11-17(25)5-3-8-23(12-17)16-18-6-4-7-19-16/h4,6-7,9-10,25H,3,5,8,11-12H2,1-2H3/t17-/m1/s1. The molecule has 8 heteroatoms. The number of nitrogens with zero attached hydrogens (tertiary/aromatic N) is 6. The highest BCUT2D eigenvalue weighted by Crippen LogP contribution is 2.24. The molecule has 3 rings (SSSR count). The fourth-order valence-electron chi connectivity index (χ4n) is 3.10. The zero-order chi connectivity index (χ0) is 17.9. The summed E-state index contributed by atoms with van der Waals surface area (Å²) in [6, 6.07) is 1.76. The lowest BCUT2D eigenvalue weighted by atomic mass is 9.92. The van der Waals surface area contributed by atoms with E-state index in [1.54, 1.807) is 32.4 Å². The number of carbonyl (C=O) groups is 1. The van der Waals surface area contributed by atoms with E-state index in [1.165, 1.54) is 17.3 Å². The molecule has 0 aliphatic carbocycles. The van der Waals surface area contributed by atoms with Crippen LogP contribution in [-0.4, -0.2) is 68.1 Å². The molecule has 132 valence electrons. The third kappa shape index (κ3) is 4.08. The Kier molecular flexibility index (Phi) is 4.89. The number of aliphatic hydroxyl groups is 1. The van der Waals surface area contributed by atoms with Crippen molar-refractivity contribution in [2.24, 2.45) is 0 Å². The summed E-state index contributed by atoms with van der Waals surface area (Å²) in [6.45, 7) is 3.17. The van der Waals surface area contributed by atoms with E-state index >= 15 is 0 Å². The lowest BCUT2D eigenvalue weighted by Gasteiger charge is -2.41. The van der Waals surface area contributed by atoms with Gasteiger partial charge in [-0.3, -0.25) is 4.79 Å². The van der Waals surface area contributed by atoms with Crippen molar-refractivity contribution in [2.45, 2.75) is 25.4 Å². The molecule has 2 aromatic heterocycles. The molecule has 1 atom stereocenters. The summed E-state index contributed by atoms with van der Waals surface area (Å²) >= 11 is 0. The Morgan fingerprint density at radius 2 is 1.96 bits per heavy atom. The SMILES string of the molecule is Cc1ncc(C(=O)N(C)C[C@]2(O)CCCN(c3ncccn3)C2)cn1. The minimum atomic E-state index is -1.01. The van der Waals surface area contributed by atoms with Crippen LogP contribution in [0.2, 0.25) is 0 Å². The van der Waals surface area contributed by atoms with E-state index in [0.29, 0.717) is 30.3 Å². The Bertz CT molecular complexity index is 724. The van der Waals surface area contributed by atoms with Gasteiger partial charge in [-0.25, -0.2) is 19.9 Å². The fraction of sp³-hybridized carbons (Fsp3) is 0.471. The summed E-state index contributed by atoms with van der Waals surface area (Å²) in [4.78, 5) is 32.6. The zero-order valence-electron chi connectivity index (χ0n) is 14.5. The number of piperidine rings is 1. The third-order valence-corrected chi connectivity index (χ3v) is 4.30. The maximum Gasteiger partial charge on any atom is 0.256 e. The van der Waals surface area contributed by atoms with E-state index in [1.807, 2.05) is 4.90 Å². The minimum absolute atomic E-state index is 0.207. The van der Waals surface area contributed by atoms with Gasteiger partial charge in [0.05, 0.1) is 24.3 Å². The topological polar surface area (TPSA) is 95.3 Å². The Balaban J connectivity index is 1.68. The van der Waals surface area contributed by atoms with E-state index in [2.05, 4.69) is 19.9 Å². The van der Waals surface area contributed by atoms with Crippen LogP contribution in [0.3, 0.4) is 0 Å². The van der Waals surface area contributed by atoms with Gasteiger partial charge in [-0.1, -0.05) is 0 Å². The molecule has 1 aliphatic rings. The molecule has 0 unspecified atom stereocenters. The highest BCUT2D eigenvalue weighted by molar-refractivity contribution is 5.93. The Morgan fingerprint density at radius 1 is 1.28 bits per heavy atom. The number of hydrogen-bond donors (Lipinski definition) is 1. The molecule has 1 amide bonds. The summed E-state index contributed by atoms with van der Waals surface area (Å²) in [5, 5.41) is 11.0. The zero-order valence-corrected chi connectivity index (χ0v) is 14.5. The van der Waals surface area contributed by atoms with Crippen molar-refractivity contribution in [1.82, 2.24) is 24.8 Å². The number of amides is 1. The minimum Gasteiger partial charge on any atom is -0.386 e. The number of carbonyl (C=O) groups excluding carboxylic acids is 1. The fourth-order valence-corrected chi connectivity index (χ4v) is 3.10. The van der Waals surface area contributed by atoms with E-state index in [9.17, 15) is 9.90 Å². The molecule has 0 saturated carbocycles. The molecule has 8 nitrogen and oxygen atoms in total. The molecule has 0 radical (unpaired) electrons. The number of hydrogen-bond acceptors (Lipinski definition) is 7. The first-order valence-electron chi connectivity index (χ1n) is 8.25. The van der Waals surface area contributed by atoms with Gasteiger partial charge < -0.3 is 14.9 Å². The molecule has 25 heavy (non-hydrogen) atoms. The second-order valence-corrected chi connectivity index (χ2v) is 6.48. The molecule has 0 bridgehead atoms. The summed E-state index contributed by atoms with van der Waals surface area (Å²) in [5.74, 6) is 1.01. The Labute approximate surface area is 146 Å². The van der Waals surface area contributed by atoms with Crippen LogP contribution in [0, 0.1) is 6.92 Å². The first-order valence-corrected chi connectivity index (χ1v) is 8.25. The molecular formula is C17H22N6O2. The highest BCUT2D eigenvalue weighted by Gasteiger charge is 2.36. The summed E-state index contributed by atoms with van der Waals surface area (Å²) in [7, 11) is 1.68. The molecule has 3 heterocycles. The molecule has 0 aromatic carbocycles. The lowest BCUT2D eigenvalue weighted by molar-refractivity contribution is -0.000321. The van der Waals surface area contributed by atoms with Gasteiger partial charge in [-0.15, -0.1) is 0 Å². The van der Waals surface area contributed by atoms with Crippen LogP contribution in [0.4, 0.5) is 5.95 Å². The largest absolute Gasteiger partial charge is 0.386 e. The van der Waals surface area contributed by atoms with Crippen LogP contribution in [0.5, 0.6) is 0 Å². The monoisotopic (exact) mass is 342 g/mol. The molecule has 1 fully saturated rings. The average Bonchev–Trinajstić information content (AvgIpc) is 2.62. The molecule has 1 saturated heterocycles. The lowest BCUT2D eigenvalue weighted by Crippen LogP contribution is -2.55. The van der Waals surface area contributed by atoms with Crippen molar-refractivity contribution < 1.29 is 9.90 Å². The van der Waals surface area contributed by atoms with E-state index in [0.717, 1.165) is 13.0 Å². The van der Waals surface area contributed by atoms with Crippen molar-refractivity contribution in [3.05, 3.63) is 42.2 Å². The van der Waals surface area contributed by atoms with Crippen LogP contribution >= 0.6 is 0 Å². The maximum atomic E-state index is 12.5. The van der Waals surface area contributed by atoms with E-state index in [4.69, 9.17) is 0 Å². The molecule has 1 aliphatic heterocycles. The molecular weight excluding hydrogens is 320 g/mol. The van der Waals surface area contributed by atoms with Crippen molar-refractivity contribution >= 4 is 11.9 Å². The average molecular weight is 342 g/mol. The number of anilines is 1. The second kappa shape index (κ2) is 7.10. The quantitative estimate of drug-likeness (QED) is 0.873. The van der Waals surface area contributed by atoms with Gasteiger partial charge in [0.15, 0.2) is 0 Å². The Morgan fingerprint density at radius 3 is 2.64 bits per heavy atom. The van der Waals surface area contributed by atoms with Gasteiger partial charge in [0.1, 0.15) is 5.82 Å². The van der Waals surface area contributed by atoms with Crippen molar-refractivity contribution in [3.63, 3.8) is 0 Å². The highest BCUT2D eigenvalue weighted by atomic mass is 16.3. The van der Waals surface area contributed by atoms with Gasteiger partial charge in [0, 0.05) is 38.4 Å². The van der Waals surface area contributed by atoms with Crippen molar-refractivity contribution in [1.29, 1.82) is 0 Å². The number of β-amino-alcohol motifs (C(OH)–C–C–N with tert-alkyl or cyclic N) is 1. The van der Waals surface area contributed by atoms with Crippen LogP contribution in [0.25, 0.3) is 0 Å². The van der Waals surface area contributed by atoms with E-state index in [-0.39, 0.29) is 12.5 Å². The van der Waals surface area contributed by atoms with Crippen LogP contribution in [0.1, 0.15) is 29.0 Å². The summed E-state index contributed by atoms with van der Waals surface area (Å²) in [5.41, 5.74) is -0.594. The summed E-state index contributed by atoms with van der Waals surface area (Å²) in [6.07, 6.45) is 7.82. The first kappa shape index (κ1) is 17.2. The molecule has 1 N–H and O–H groups in total. The normalized spacial score (nSPS) is 20.4. The van der Waals surface area contributed by atoms with Crippen LogP contribution in [0.15, 0.2) is 30.9 Å². The molecule has 2 aromatic rings. The third-order valence-electron chi connectivity index (χ3n) is 4.30. The van der Waals surface area contributed by atoms with Crippen molar-refractivity contribution in [2.75, 3.05) is 31.6 Å². The first-order chi connectivity index (χ1) is 12.0.